The van der Waals surface area contributed by atoms with Crippen molar-refractivity contribution in [2.75, 3.05) is 27.7 Å². The molecule has 1 fully saturated rings. The molecule has 1 saturated carbocycles. The van der Waals surface area contributed by atoms with Gasteiger partial charge in [0.25, 0.3) is 0 Å². The van der Waals surface area contributed by atoms with Gasteiger partial charge in [-0.3, -0.25) is 0 Å². The first-order valence-corrected chi connectivity index (χ1v) is 7.07. The fraction of sp³-hybridized carbons (Fsp3) is 0.667. The van der Waals surface area contributed by atoms with Crippen LogP contribution >= 0.6 is 0 Å². The largest absolute Gasteiger partial charge is 0.463 e. The lowest BCUT2D eigenvalue weighted by atomic mass is 9.75. The predicted molar refractivity (Wildman–Crippen MR) is 76.7 cm³/mol. The van der Waals surface area contributed by atoms with Crippen LogP contribution < -0.4 is 5.32 Å². The number of hydrogen-bond donors (Lipinski definition) is 1. The highest BCUT2D eigenvalue weighted by atomic mass is 16.5. The Kier molecular flexibility index (Phi) is 4.50. The van der Waals surface area contributed by atoms with Gasteiger partial charge in [-0.25, -0.2) is 4.79 Å². The van der Waals surface area contributed by atoms with E-state index in [0.717, 1.165) is 12.3 Å². The van der Waals surface area contributed by atoms with Crippen molar-refractivity contribution in [1.29, 1.82) is 0 Å². The van der Waals surface area contributed by atoms with Crippen LogP contribution in [-0.4, -0.2) is 44.2 Å². The fourth-order valence-electron chi connectivity index (χ4n) is 2.61. The summed E-state index contributed by atoms with van der Waals surface area (Å²) in [5.41, 5.74) is 0.270. The molecule has 1 aliphatic rings. The van der Waals surface area contributed by atoms with Crippen LogP contribution in [0, 0.1) is 0 Å². The average Bonchev–Trinajstić information content (AvgIpc) is 2.85. The third-order valence-corrected chi connectivity index (χ3v) is 4.41. The number of carbonyl (C=O) groups is 1. The van der Waals surface area contributed by atoms with Crippen LogP contribution in [0.4, 0.5) is 0 Å². The monoisotopic (exact) mass is 280 g/mol. The molecule has 20 heavy (non-hydrogen) atoms. The van der Waals surface area contributed by atoms with Crippen LogP contribution in [0.5, 0.6) is 0 Å². The third-order valence-electron chi connectivity index (χ3n) is 4.41. The number of rotatable bonds is 6. The number of ether oxygens (including phenoxy) is 1. The van der Waals surface area contributed by atoms with Gasteiger partial charge < -0.3 is 19.4 Å². The Morgan fingerprint density at radius 1 is 1.50 bits per heavy atom. The van der Waals surface area contributed by atoms with Gasteiger partial charge in [-0.2, -0.15) is 0 Å². The normalized spacial score (nSPS) is 18.6. The summed E-state index contributed by atoms with van der Waals surface area (Å²) in [5, 5.41) is 3.51. The molecule has 0 bridgehead atoms. The van der Waals surface area contributed by atoms with E-state index in [0.29, 0.717) is 0 Å². The first-order valence-electron chi connectivity index (χ1n) is 7.07. The minimum Gasteiger partial charge on any atom is -0.463 e. The molecule has 1 aliphatic carbocycles. The molecule has 0 aromatic carbocycles. The van der Waals surface area contributed by atoms with Crippen molar-refractivity contribution in [2.45, 2.75) is 37.8 Å². The maximum absolute atomic E-state index is 11.4. The lowest BCUT2D eigenvalue weighted by Gasteiger charge is -2.48. The van der Waals surface area contributed by atoms with Crippen molar-refractivity contribution < 1.29 is 13.9 Å². The predicted octanol–water partition coefficient (Wildman–Crippen LogP) is 2.20. The zero-order valence-electron chi connectivity index (χ0n) is 12.7. The van der Waals surface area contributed by atoms with E-state index in [-0.39, 0.29) is 17.3 Å². The number of nitrogens with zero attached hydrogens (tertiary/aromatic N) is 1. The van der Waals surface area contributed by atoms with Gasteiger partial charge in [-0.05, 0) is 52.4 Å². The minimum absolute atomic E-state index is 0.0748. The Balaban J connectivity index is 1.93. The quantitative estimate of drug-likeness (QED) is 0.810. The van der Waals surface area contributed by atoms with Gasteiger partial charge in [0.15, 0.2) is 0 Å². The van der Waals surface area contributed by atoms with Gasteiger partial charge in [0.05, 0.1) is 13.2 Å². The van der Waals surface area contributed by atoms with E-state index in [1.165, 1.54) is 26.4 Å². The van der Waals surface area contributed by atoms with Gasteiger partial charge in [0, 0.05) is 12.1 Å². The Morgan fingerprint density at radius 2 is 2.20 bits per heavy atom. The molecule has 1 aromatic rings. The van der Waals surface area contributed by atoms with Crippen LogP contribution in [-0.2, 0) is 4.74 Å². The van der Waals surface area contributed by atoms with Gasteiger partial charge in [0.2, 0.25) is 5.76 Å². The lowest BCUT2D eigenvalue weighted by molar-refractivity contribution is 0.0545. The molecule has 5 heteroatoms. The third kappa shape index (κ3) is 2.88. The van der Waals surface area contributed by atoms with Crippen molar-refractivity contribution in [3.63, 3.8) is 0 Å². The van der Waals surface area contributed by atoms with E-state index < -0.39 is 5.97 Å². The lowest BCUT2D eigenvalue weighted by Crippen LogP contribution is -2.56. The SMILES string of the molecule is COC(=O)c1ccc(C(C)NCC2(N(C)C)CCC2)o1. The molecule has 2 rings (SSSR count). The zero-order chi connectivity index (χ0) is 14.8. The summed E-state index contributed by atoms with van der Waals surface area (Å²) in [6.45, 7) is 2.97. The molecule has 0 aliphatic heterocycles. The van der Waals surface area contributed by atoms with Crippen LogP contribution in [0.25, 0.3) is 0 Å². The second kappa shape index (κ2) is 5.97. The van der Waals surface area contributed by atoms with E-state index in [1.807, 2.05) is 13.0 Å². The van der Waals surface area contributed by atoms with E-state index in [4.69, 9.17) is 4.42 Å². The van der Waals surface area contributed by atoms with Crippen molar-refractivity contribution in [3.8, 4) is 0 Å². The molecule has 1 unspecified atom stereocenters. The van der Waals surface area contributed by atoms with Gasteiger partial charge in [-0.15, -0.1) is 0 Å². The number of carbonyl (C=O) groups excluding carboxylic acids is 1. The highest BCUT2D eigenvalue weighted by Gasteiger charge is 2.39. The number of nitrogens with one attached hydrogen (secondary N) is 1. The van der Waals surface area contributed by atoms with Gasteiger partial charge in [0.1, 0.15) is 5.76 Å². The molecule has 0 radical (unpaired) electrons. The average molecular weight is 280 g/mol. The number of hydrogen-bond acceptors (Lipinski definition) is 5. The molecule has 1 aromatic heterocycles. The highest BCUT2D eigenvalue weighted by Crippen LogP contribution is 2.36. The summed E-state index contributed by atoms with van der Waals surface area (Å²) in [6, 6.07) is 3.56. The van der Waals surface area contributed by atoms with Crippen LogP contribution in [0.15, 0.2) is 16.5 Å². The Hall–Kier alpha value is -1.33. The van der Waals surface area contributed by atoms with Crippen LogP contribution in [0.1, 0.15) is 48.5 Å². The van der Waals surface area contributed by atoms with Crippen molar-refractivity contribution in [3.05, 3.63) is 23.7 Å². The van der Waals surface area contributed by atoms with E-state index in [2.05, 4.69) is 29.0 Å². The first-order chi connectivity index (χ1) is 9.48. The Morgan fingerprint density at radius 3 is 2.70 bits per heavy atom. The summed E-state index contributed by atoms with van der Waals surface area (Å²) < 4.78 is 10.2. The second-order valence-electron chi connectivity index (χ2n) is 5.77. The first kappa shape index (κ1) is 15.1. The van der Waals surface area contributed by atoms with Crippen molar-refractivity contribution in [2.24, 2.45) is 0 Å². The Labute approximate surface area is 120 Å². The van der Waals surface area contributed by atoms with Gasteiger partial charge in [-0.1, -0.05) is 0 Å². The molecule has 0 amide bonds. The smallest absolute Gasteiger partial charge is 0.373 e. The van der Waals surface area contributed by atoms with Crippen LogP contribution in [0.3, 0.4) is 0 Å². The molecular weight excluding hydrogens is 256 g/mol. The molecule has 112 valence electrons. The number of furan rings is 1. The summed E-state index contributed by atoms with van der Waals surface area (Å²) in [4.78, 5) is 13.7. The summed E-state index contributed by atoms with van der Waals surface area (Å²) >= 11 is 0. The minimum atomic E-state index is -0.438. The number of likely N-dealkylation sites (N-methyl/N-ethyl adjacent to an activating group) is 1. The number of esters is 1. The zero-order valence-corrected chi connectivity index (χ0v) is 12.7. The molecule has 0 spiro atoms. The molecule has 1 N–H and O–H groups in total. The summed E-state index contributed by atoms with van der Waals surface area (Å²) in [6.07, 6.45) is 3.75. The molecule has 0 saturated heterocycles. The van der Waals surface area contributed by atoms with E-state index >= 15 is 0 Å². The van der Waals surface area contributed by atoms with Crippen molar-refractivity contribution in [1.82, 2.24) is 10.2 Å². The number of methoxy groups -OCH3 is 1. The fourth-order valence-corrected chi connectivity index (χ4v) is 2.61. The van der Waals surface area contributed by atoms with E-state index in [9.17, 15) is 4.79 Å². The Bertz CT molecular complexity index is 463. The summed E-state index contributed by atoms with van der Waals surface area (Å²) in [7, 11) is 5.62. The van der Waals surface area contributed by atoms with Crippen LogP contribution in [0.2, 0.25) is 0 Å². The van der Waals surface area contributed by atoms with Crippen molar-refractivity contribution >= 4 is 5.97 Å². The molecule has 1 heterocycles. The van der Waals surface area contributed by atoms with E-state index in [1.54, 1.807) is 6.07 Å². The topological polar surface area (TPSA) is 54.7 Å². The molecule has 5 nitrogen and oxygen atoms in total. The highest BCUT2D eigenvalue weighted by molar-refractivity contribution is 5.86. The second-order valence-corrected chi connectivity index (χ2v) is 5.77. The maximum atomic E-state index is 11.4. The van der Waals surface area contributed by atoms with Gasteiger partial charge >= 0.3 is 5.97 Å². The molecular formula is C15H24N2O3. The molecule has 1 atom stereocenters. The maximum Gasteiger partial charge on any atom is 0.373 e. The summed E-state index contributed by atoms with van der Waals surface area (Å²) in [5.74, 6) is 0.577. The standard InChI is InChI=1S/C15H24N2O3/c1-11(12-6-7-13(20-12)14(18)19-4)16-10-15(17(2)3)8-5-9-15/h6-7,11,16H,5,8-10H2,1-4H3.